The summed E-state index contributed by atoms with van der Waals surface area (Å²) in [7, 11) is 0. The lowest BCUT2D eigenvalue weighted by molar-refractivity contribution is 0.458. The van der Waals surface area contributed by atoms with Crippen molar-refractivity contribution in [3.8, 4) is 17.7 Å². The predicted molar refractivity (Wildman–Crippen MR) is 63.0 cm³/mol. The van der Waals surface area contributed by atoms with E-state index in [9.17, 15) is 0 Å². The number of hydrogen-bond donors (Lipinski definition) is 0. The van der Waals surface area contributed by atoms with Gasteiger partial charge in [0.1, 0.15) is 22.8 Å². The number of rotatable bonds is 2. The zero-order chi connectivity index (χ0) is 12.3. The highest BCUT2D eigenvalue weighted by molar-refractivity contribution is 6.29. The summed E-state index contributed by atoms with van der Waals surface area (Å²) in [5.41, 5.74) is 0.444. The summed E-state index contributed by atoms with van der Waals surface area (Å²) < 4.78 is 5.50. The third-order valence-corrected chi connectivity index (χ3v) is 2.20. The van der Waals surface area contributed by atoms with Crippen molar-refractivity contribution in [2.75, 3.05) is 0 Å². The van der Waals surface area contributed by atoms with Gasteiger partial charge in [-0.2, -0.15) is 10.2 Å². The summed E-state index contributed by atoms with van der Waals surface area (Å²) in [6, 6.07) is 10.5. The molecule has 1 aromatic carbocycles. The second-order valence-corrected chi connectivity index (χ2v) is 3.67. The Labute approximate surface area is 103 Å². The minimum absolute atomic E-state index is 0.307. The quantitative estimate of drug-likeness (QED) is 0.763. The van der Waals surface area contributed by atoms with E-state index in [0.29, 0.717) is 28.2 Å². The Balaban J connectivity index is 2.35. The van der Waals surface area contributed by atoms with Crippen LogP contribution in [0.2, 0.25) is 5.15 Å². The zero-order valence-corrected chi connectivity index (χ0v) is 9.77. The van der Waals surface area contributed by atoms with Gasteiger partial charge in [-0.1, -0.05) is 23.7 Å². The van der Waals surface area contributed by atoms with E-state index < -0.39 is 0 Å². The van der Waals surface area contributed by atoms with Crippen molar-refractivity contribution in [2.45, 2.75) is 6.92 Å². The van der Waals surface area contributed by atoms with Gasteiger partial charge >= 0.3 is 0 Å². The van der Waals surface area contributed by atoms with E-state index in [1.54, 1.807) is 31.2 Å². The maximum Gasteiger partial charge on any atom is 0.224 e. The van der Waals surface area contributed by atoms with Crippen LogP contribution >= 0.6 is 11.6 Å². The van der Waals surface area contributed by atoms with Gasteiger partial charge in [-0.15, -0.1) is 0 Å². The maximum atomic E-state index is 8.92. The normalized spacial score (nSPS) is 9.71. The molecule has 1 heterocycles. The van der Waals surface area contributed by atoms with Crippen LogP contribution in [0.15, 0.2) is 30.3 Å². The molecule has 0 amide bonds. The molecule has 0 spiro atoms. The van der Waals surface area contributed by atoms with Crippen molar-refractivity contribution in [2.24, 2.45) is 0 Å². The van der Waals surface area contributed by atoms with Crippen LogP contribution in [0.4, 0.5) is 0 Å². The van der Waals surface area contributed by atoms with E-state index in [2.05, 4.69) is 9.97 Å². The van der Waals surface area contributed by atoms with Crippen LogP contribution < -0.4 is 4.74 Å². The Kier molecular flexibility index (Phi) is 3.22. The smallest absolute Gasteiger partial charge is 0.224 e. The van der Waals surface area contributed by atoms with E-state index in [1.807, 2.05) is 6.07 Å². The number of benzene rings is 1. The van der Waals surface area contributed by atoms with E-state index in [0.717, 1.165) is 0 Å². The number of nitriles is 1. The summed E-state index contributed by atoms with van der Waals surface area (Å²) in [4.78, 5) is 8.01. The molecule has 0 fully saturated rings. The number of aryl methyl sites for hydroxylation is 1. The minimum atomic E-state index is 0.307. The van der Waals surface area contributed by atoms with Crippen LogP contribution in [0.5, 0.6) is 11.6 Å². The molecule has 0 unspecified atom stereocenters. The van der Waals surface area contributed by atoms with E-state index in [-0.39, 0.29) is 0 Å². The SMILES string of the molecule is Cc1nc(Cl)cc(Oc2ccccc2C#N)n1. The Morgan fingerprint density at radius 1 is 1.29 bits per heavy atom. The molecule has 4 nitrogen and oxygen atoms in total. The highest BCUT2D eigenvalue weighted by atomic mass is 35.5. The number of aromatic nitrogens is 2. The molecule has 0 aliphatic heterocycles. The van der Waals surface area contributed by atoms with E-state index in [4.69, 9.17) is 21.6 Å². The van der Waals surface area contributed by atoms with E-state index in [1.165, 1.54) is 6.07 Å². The Morgan fingerprint density at radius 3 is 2.76 bits per heavy atom. The van der Waals surface area contributed by atoms with Gasteiger partial charge in [-0.3, -0.25) is 0 Å². The maximum absolute atomic E-state index is 8.92. The first-order valence-electron chi connectivity index (χ1n) is 4.87. The van der Waals surface area contributed by atoms with Gasteiger partial charge in [0.2, 0.25) is 5.88 Å². The molecule has 0 aliphatic carbocycles. The molecule has 0 bridgehead atoms. The standard InChI is InChI=1S/C12H8ClN3O/c1-8-15-11(13)6-12(16-8)17-10-5-3-2-4-9(10)7-14/h2-6H,1H3. The zero-order valence-electron chi connectivity index (χ0n) is 9.01. The number of nitrogens with zero attached hydrogens (tertiary/aromatic N) is 3. The van der Waals surface area contributed by atoms with Gasteiger partial charge in [0.15, 0.2) is 0 Å². The highest BCUT2D eigenvalue weighted by Crippen LogP contribution is 2.24. The molecule has 0 saturated carbocycles. The Bertz CT molecular complexity index is 572. The number of para-hydroxylation sites is 1. The van der Waals surface area contributed by atoms with Gasteiger partial charge in [0.25, 0.3) is 0 Å². The number of ether oxygens (including phenoxy) is 1. The van der Waals surface area contributed by atoms with Gasteiger partial charge in [-0.25, -0.2) is 4.98 Å². The predicted octanol–water partition coefficient (Wildman–Crippen LogP) is 3.10. The van der Waals surface area contributed by atoms with Crippen LogP contribution in [0, 0.1) is 18.3 Å². The molecule has 0 aliphatic rings. The molecule has 0 N–H and O–H groups in total. The molecule has 0 atom stereocenters. The minimum Gasteiger partial charge on any atom is -0.437 e. The van der Waals surface area contributed by atoms with Crippen LogP contribution in [-0.4, -0.2) is 9.97 Å². The molecule has 0 saturated heterocycles. The third-order valence-electron chi connectivity index (χ3n) is 2.01. The summed E-state index contributed by atoms with van der Waals surface area (Å²) in [6.45, 7) is 1.72. The molecule has 1 aromatic heterocycles. The molecule has 17 heavy (non-hydrogen) atoms. The first kappa shape index (κ1) is 11.4. The molecular weight excluding hydrogens is 238 g/mol. The molecule has 0 radical (unpaired) electrons. The second kappa shape index (κ2) is 4.81. The Morgan fingerprint density at radius 2 is 2.06 bits per heavy atom. The second-order valence-electron chi connectivity index (χ2n) is 3.29. The average Bonchev–Trinajstić information content (AvgIpc) is 2.28. The van der Waals surface area contributed by atoms with Crippen molar-refractivity contribution in [3.05, 3.63) is 46.9 Å². The first-order chi connectivity index (χ1) is 8.19. The molecule has 84 valence electrons. The summed E-state index contributed by atoms with van der Waals surface area (Å²) in [5.74, 6) is 1.29. The van der Waals surface area contributed by atoms with Crippen LogP contribution in [-0.2, 0) is 0 Å². The summed E-state index contributed by atoms with van der Waals surface area (Å²) >= 11 is 5.79. The van der Waals surface area contributed by atoms with Crippen molar-refractivity contribution >= 4 is 11.6 Å². The van der Waals surface area contributed by atoms with Crippen molar-refractivity contribution in [1.29, 1.82) is 5.26 Å². The molecule has 2 rings (SSSR count). The number of hydrogen-bond acceptors (Lipinski definition) is 4. The monoisotopic (exact) mass is 245 g/mol. The fourth-order valence-corrected chi connectivity index (χ4v) is 1.53. The summed E-state index contributed by atoms with van der Waals surface area (Å²) in [6.07, 6.45) is 0. The lowest BCUT2D eigenvalue weighted by atomic mass is 10.2. The van der Waals surface area contributed by atoms with Crippen LogP contribution in [0.1, 0.15) is 11.4 Å². The van der Waals surface area contributed by atoms with Gasteiger partial charge in [-0.05, 0) is 19.1 Å². The fraction of sp³-hybridized carbons (Fsp3) is 0.0833. The van der Waals surface area contributed by atoms with Crippen molar-refractivity contribution < 1.29 is 4.74 Å². The largest absolute Gasteiger partial charge is 0.437 e. The highest BCUT2D eigenvalue weighted by Gasteiger charge is 2.06. The summed E-state index contributed by atoms with van der Waals surface area (Å²) in [5, 5.41) is 9.22. The molecule has 5 heteroatoms. The Hall–Kier alpha value is -2.12. The molecular formula is C12H8ClN3O. The van der Waals surface area contributed by atoms with Gasteiger partial charge in [0.05, 0.1) is 5.56 Å². The topological polar surface area (TPSA) is 58.8 Å². The lowest BCUT2D eigenvalue weighted by Gasteiger charge is -2.06. The van der Waals surface area contributed by atoms with Gasteiger partial charge < -0.3 is 4.74 Å². The molecule has 2 aromatic rings. The number of halogens is 1. The van der Waals surface area contributed by atoms with Gasteiger partial charge in [0, 0.05) is 6.07 Å². The average molecular weight is 246 g/mol. The van der Waals surface area contributed by atoms with Crippen molar-refractivity contribution in [1.82, 2.24) is 9.97 Å². The fourth-order valence-electron chi connectivity index (χ4n) is 1.32. The van der Waals surface area contributed by atoms with Crippen molar-refractivity contribution in [3.63, 3.8) is 0 Å². The third kappa shape index (κ3) is 2.71. The lowest BCUT2D eigenvalue weighted by Crippen LogP contribution is -1.94. The van der Waals surface area contributed by atoms with Crippen LogP contribution in [0.25, 0.3) is 0 Å². The first-order valence-corrected chi connectivity index (χ1v) is 5.25. The van der Waals surface area contributed by atoms with E-state index >= 15 is 0 Å². The van der Waals surface area contributed by atoms with Crippen LogP contribution in [0.3, 0.4) is 0 Å².